The summed E-state index contributed by atoms with van der Waals surface area (Å²) in [5, 5.41) is 11.2. The quantitative estimate of drug-likeness (QED) is 0.465. The van der Waals surface area contributed by atoms with E-state index in [2.05, 4.69) is 20.4 Å². The summed E-state index contributed by atoms with van der Waals surface area (Å²) in [5.74, 6) is 0.826. The molecule has 1 aliphatic carbocycles. The molecule has 3 atom stereocenters. The van der Waals surface area contributed by atoms with Crippen molar-refractivity contribution in [1.82, 2.24) is 0 Å². The second kappa shape index (κ2) is 8.76. The number of azo groups is 1. The second-order valence-electron chi connectivity index (χ2n) is 7.21. The van der Waals surface area contributed by atoms with Gasteiger partial charge >= 0.3 is 12.2 Å². The van der Waals surface area contributed by atoms with E-state index in [0.29, 0.717) is 29.3 Å². The number of urea groups is 1. The summed E-state index contributed by atoms with van der Waals surface area (Å²) in [6.45, 7) is 3.78. The van der Waals surface area contributed by atoms with Crippen LogP contribution in [0.15, 0.2) is 56.5 Å². The maximum absolute atomic E-state index is 12.9. The minimum atomic E-state index is -4.42. The molecule has 0 saturated heterocycles. The molecule has 1 aromatic rings. The Morgan fingerprint density at radius 3 is 2.70 bits per heavy atom. The van der Waals surface area contributed by atoms with Crippen molar-refractivity contribution in [3.05, 3.63) is 47.2 Å². The van der Waals surface area contributed by atoms with Gasteiger partial charge < -0.3 is 9.57 Å². The second-order valence-corrected chi connectivity index (χ2v) is 7.21. The number of alkyl halides is 3. The van der Waals surface area contributed by atoms with E-state index in [1.165, 1.54) is 13.2 Å². The largest absolute Gasteiger partial charge is 0.501 e. The summed E-state index contributed by atoms with van der Waals surface area (Å²) in [7, 11) is 1.53. The van der Waals surface area contributed by atoms with Gasteiger partial charge in [0, 0.05) is 5.92 Å². The molecule has 0 spiro atoms. The predicted molar refractivity (Wildman–Crippen MR) is 103 cm³/mol. The molecule has 0 N–H and O–H groups in total. The van der Waals surface area contributed by atoms with Gasteiger partial charge in [-0.25, -0.2) is 4.79 Å². The third-order valence-electron chi connectivity index (χ3n) is 5.08. The van der Waals surface area contributed by atoms with Gasteiger partial charge in [0.2, 0.25) is 0 Å². The first-order valence-electron chi connectivity index (χ1n) is 9.33. The van der Waals surface area contributed by atoms with Crippen LogP contribution in [0.3, 0.4) is 0 Å². The van der Waals surface area contributed by atoms with Crippen LogP contribution in [0.4, 0.5) is 18.0 Å². The Kier molecular flexibility index (Phi) is 6.33. The molecule has 0 bridgehead atoms. The van der Waals surface area contributed by atoms with E-state index >= 15 is 0 Å². The molecule has 30 heavy (non-hydrogen) atoms. The van der Waals surface area contributed by atoms with Gasteiger partial charge in [0.25, 0.3) is 0 Å². The third kappa shape index (κ3) is 4.92. The lowest BCUT2D eigenvalue weighted by Crippen LogP contribution is -2.29. The van der Waals surface area contributed by atoms with E-state index in [-0.39, 0.29) is 24.4 Å². The minimum absolute atomic E-state index is 0.103. The number of nitrogens with zero attached hydrogens (tertiary/aromatic N) is 4. The van der Waals surface area contributed by atoms with Crippen molar-refractivity contribution in [2.24, 2.45) is 38.1 Å². The summed E-state index contributed by atoms with van der Waals surface area (Å²) in [5.41, 5.74) is -0.0690. The number of rotatable bonds is 6. The number of amidine groups is 1. The Hall–Kier alpha value is -3.04. The molecule has 0 radical (unpaired) electrons. The average molecular weight is 422 g/mol. The van der Waals surface area contributed by atoms with Crippen molar-refractivity contribution >= 4 is 17.6 Å². The first-order valence-corrected chi connectivity index (χ1v) is 9.33. The number of carbonyl (C=O) groups is 1. The maximum Gasteiger partial charge on any atom is 0.416 e. The molecule has 1 heterocycles. The number of amides is 2. The molecule has 10 heteroatoms. The number of aliphatic imine (C=N–C) groups is 1. The molecule has 7 nitrogen and oxygen atoms in total. The van der Waals surface area contributed by atoms with Gasteiger partial charge in [-0.3, -0.25) is 0 Å². The van der Waals surface area contributed by atoms with Crippen molar-refractivity contribution in [2.45, 2.75) is 26.4 Å². The van der Waals surface area contributed by atoms with E-state index in [1.54, 1.807) is 13.0 Å². The van der Waals surface area contributed by atoms with Crippen molar-refractivity contribution in [3.63, 3.8) is 0 Å². The first kappa shape index (κ1) is 21.7. The molecular weight excluding hydrogens is 401 g/mol. The SMILES string of the molecule is COC1=CC(C2=NC(=O)N=N2)C(C)CC1CO/N=C(/C)c1cccc(C(F)(F)F)c1. The summed E-state index contributed by atoms with van der Waals surface area (Å²) >= 11 is 0. The van der Waals surface area contributed by atoms with Crippen molar-refractivity contribution < 1.29 is 27.5 Å². The van der Waals surface area contributed by atoms with E-state index in [9.17, 15) is 18.0 Å². The number of halogens is 3. The molecular formula is C20H21F3N4O3. The Bertz CT molecular complexity index is 937. The third-order valence-corrected chi connectivity index (χ3v) is 5.08. The Morgan fingerprint density at radius 2 is 2.07 bits per heavy atom. The molecule has 2 aliphatic rings. The van der Waals surface area contributed by atoms with Crippen LogP contribution in [-0.4, -0.2) is 31.3 Å². The summed E-state index contributed by atoms with van der Waals surface area (Å²) in [6, 6.07) is 4.31. The van der Waals surface area contributed by atoms with Crippen molar-refractivity contribution in [1.29, 1.82) is 0 Å². The molecule has 2 amide bonds. The van der Waals surface area contributed by atoms with Gasteiger partial charge in [0.15, 0.2) is 5.84 Å². The zero-order valence-electron chi connectivity index (χ0n) is 16.7. The van der Waals surface area contributed by atoms with Crippen LogP contribution >= 0.6 is 0 Å². The average Bonchev–Trinajstić information content (AvgIpc) is 3.13. The fourth-order valence-corrected chi connectivity index (χ4v) is 3.48. The topological polar surface area (TPSA) is 85.0 Å². The van der Waals surface area contributed by atoms with Crippen LogP contribution in [0.2, 0.25) is 0 Å². The van der Waals surface area contributed by atoms with E-state index in [0.717, 1.165) is 12.1 Å². The predicted octanol–water partition coefficient (Wildman–Crippen LogP) is 5.23. The maximum atomic E-state index is 12.9. The monoisotopic (exact) mass is 422 g/mol. The summed E-state index contributed by atoms with van der Waals surface area (Å²) < 4.78 is 44.1. The molecule has 1 aromatic carbocycles. The van der Waals surface area contributed by atoms with Crippen LogP contribution in [0.1, 0.15) is 31.4 Å². The summed E-state index contributed by atoms with van der Waals surface area (Å²) in [6.07, 6.45) is -1.90. The molecule has 1 aliphatic heterocycles. The minimum Gasteiger partial charge on any atom is -0.501 e. The molecule has 3 unspecified atom stereocenters. The van der Waals surface area contributed by atoms with Gasteiger partial charge in [0.1, 0.15) is 6.61 Å². The fourth-order valence-electron chi connectivity index (χ4n) is 3.48. The number of methoxy groups -OCH3 is 1. The molecule has 0 fully saturated rings. The van der Waals surface area contributed by atoms with E-state index in [1.807, 2.05) is 13.0 Å². The highest BCUT2D eigenvalue weighted by molar-refractivity contribution is 6.00. The van der Waals surface area contributed by atoms with Crippen LogP contribution in [0.25, 0.3) is 0 Å². The van der Waals surface area contributed by atoms with E-state index < -0.39 is 17.8 Å². The number of benzene rings is 1. The Balaban J connectivity index is 1.67. The molecule has 160 valence electrons. The first-order chi connectivity index (χ1) is 14.2. The lowest BCUT2D eigenvalue weighted by Gasteiger charge is -2.31. The van der Waals surface area contributed by atoms with Gasteiger partial charge in [-0.1, -0.05) is 29.3 Å². The smallest absolute Gasteiger partial charge is 0.416 e. The number of ether oxygens (including phenoxy) is 1. The zero-order valence-corrected chi connectivity index (χ0v) is 16.7. The number of hydrogen-bond donors (Lipinski definition) is 0. The lowest BCUT2D eigenvalue weighted by atomic mass is 9.78. The van der Waals surface area contributed by atoms with Gasteiger partial charge in [-0.15, -0.1) is 5.11 Å². The lowest BCUT2D eigenvalue weighted by molar-refractivity contribution is -0.137. The van der Waals surface area contributed by atoms with Crippen LogP contribution in [0, 0.1) is 17.8 Å². The Morgan fingerprint density at radius 1 is 1.30 bits per heavy atom. The highest BCUT2D eigenvalue weighted by Gasteiger charge is 2.34. The number of hydrogen-bond acceptors (Lipinski definition) is 5. The standard InChI is InChI=1S/C20H21F3N4O3/c1-11-7-14(17(29-3)9-16(11)18-24-19(28)26-25-18)10-30-27-12(2)13-5-4-6-15(8-13)20(21,22)23/h4-6,8-9,11,14,16H,7,10H2,1-3H3/b27-12-. The van der Waals surface area contributed by atoms with Crippen LogP contribution in [0.5, 0.6) is 0 Å². The fraction of sp³-hybridized carbons (Fsp3) is 0.450. The van der Waals surface area contributed by atoms with Crippen LogP contribution < -0.4 is 0 Å². The number of carbonyl (C=O) groups excluding carboxylic acids is 1. The van der Waals surface area contributed by atoms with E-state index in [4.69, 9.17) is 9.57 Å². The molecule has 3 rings (SSSR count). The van der Waals surface area contributed by atoms with Crippen LogP contribution in [-0.2, 0) is 15.8 Å². The number of oxime groups is 1. The van der Waals surface area contributed by atoms with Gasteiger partial charge in [0.05, 0.1) is 30.1 Å². The summed E-state index contributed by atoms with van der Waals surface area (Å²) in [4.78, 5) is 20.5. The van der Waals surface area contributed by atoms with Crippen molar-refractivity contribution in [2.75, 3.05) is 13.7 Å². The highest BCUT2D eigenvalue weighted by atomic mass is 19.4. The highest BCUT2D eigenvalue weighted by Crippen LogP contribution is 2.35. The molecule has 0 saturated carbocycles. The van der Waals surface area contributed by atoms with Crippen molar-refractivity contribution in [3.8, 4) is 0 Å². The van der Waals surface area contributed by atoms with Gasteiger partial charge in [-0.2, -0.15) is 18.2 Å². The zero-order chi connectivity index (χ0) is 21.9. The Labute approximate surface area is 171 Å². The molecule has 0 aromatic heterocycles. The normalized spacial score (nSPS) is 24.5. The van der Waals surface area contributed by atoms with Gasteiger partial charge in [-0.05, 0) is 43.0 Å².